The Balaban J connectivity index is 0.00000420. The second-order valence-corrected chi connectivity index (χ2v) is 17.9. The first kappa shape index (κ1) is 35.2. The van der Waals surface area contributed by atoms with Crippen LogP contribution in [0.3, 0.4) is 0 Å². The summed E-state index contributed by atoms with van der Waals surface area (Å²) < 4.78 is 0. The van der Waals surface area contributed by atoms with Gasteiger partial charge in [0.2, 0.25) is 0 Å². The fourth-order valence-electron chi connectivity index (χ4n) is 7.30. The minimum absolute atomic E-state index is 0. The van der Waals surface area contributed by atoms with Gasteiger partial charge in [-0.25, -0.2) is 0 Å². The summed E-state index contributed by atoms with van der Waals surface area (Å²) >= 11 is 0. The van der Waals surface area contributed by atoms with Crippen LogP contribution in [0.15, 0.2) is 170 Å². The molecule has 8 rings (SSSR count). The Morgan fingerprint density at radius 3 is 1.75 bits per heavy atom. The number of aromatic hydroxyl groups is 1. The number of hydrogen-bond donors (Lipinski definition) is 1. The van der Waals surface area contributed by atoms with E-state index in [1.807, 2.05) is 36.5 Å². The van der Waals surface area contributed by atoms with Crippen molar-refractivity contribution in [2.24, 2.45) is 0 Å². The van der Waals surface area contributed by atoms with Gasteiger partial charge < -0.3 is 10.1 Å². The van der Waals surface area contributed by atoms with E-state index in [-0.39, 0.29) is 33.5 Å². The van der Waals surface area contributed by atoms with Gasteiger partial charge in [0.15, 0.2) is 8.07 Å². The third-order valence-electron chi connectivity index (χ3n) is 9.89. The van der Waals surface area contributed by atoms with Gasteiger partial charge in [0.1, 0.15) is 0 Å². The van der Waals surface area contributed by atoms with E-state index in [2.05, 4.69) is 160 Å². The van der Waals surface area contributed by atoms with Crippen molar-refractivity contribution in [3.63, 3.8) is 0 Å². The van der Waals surface area contributed by atoms with Crippen molar-refractivity contribution in [1.82, 2.24) is 9.97 Å². The molecule has 0 aliphatic rings. The zero-order chi connectivity index (χ0) is 35.0. The predicted octanol–water partition coefficient (Wildman–Crippen LogP) is 8.37. The number of phenols is 1. The molecule has 52 heavy (non-hydrogen) atoms. The summed E-state index contributed by atoms with van der Waals surface area (Å²) in [7, 11) is -2.94. The van der Waals surface area contributed by atoms with E-state index in [9.17, 15) is 5.11 Å². The summed E-state index contributed by atoms with van der Waals surface area (Å²) in [6.45, 7) is 6.59. The number of benzene rings is 6. The van der Waals surface area contributed by atoms with Gasteiger partial charge in [-0.2, -0.15) is 6.20 Å². The molecule has 1 radical (unpaired) electrons. The quantitative estimate of drug-likeness (QED) is 0.0996. The first-order valence-corrected chi connectivity index (χ1v) is 19.4. The molecule has 0 aliphatic heterocycles. The number of hydrogen-bond acceptors (Lipinski definition) is 2. The monoisotopic (exact) mass is 871 g/mol. The molecule has 6 aromatic carbocycles. The van der Waals surface area contributed by atoms with E-state index in [1.165, 1.54) is 20.7 Å². The van der Waals surface area contributed by atoms with Crippen LogP contribution in [0.4, 0.5) is 0 Å². The molecule has 0 aliphatic carbocycles. The van der Waals surface area contributed by atoms with E-state index < -0.39 is 8.07 Å². The minimum Gasteiger partial charge on any atom is -0.661 e. The first-order chi connectivity index (χ1) is 24.8. The number of phenolic OH excluding ortho intramolecular Hbond substituents is 1. The molecule has 2 heterocycles. The molecule has 2 aromatic heterocycles. The van der Waals surface area contributed by atoms with Crippen LogP contribution in [-0.4, -0.2) is 18.2 Å². The third-order valence-corrected chi connectivity index (χ3v) is 14.6. The summed E-state index contributed by atoms with van der Waals surface area (Å²) in [5, 5.41) is 18.7. The molecule has 0 saturated carbocycles. The van der Waals surface area contributed by atoms with Crippen molar-refractivity contribution in [3.05, 3.63) is 182 Å². The van der Waals surface area contributed by atoms with Crippen molar-refractivity contribution in [1.29, 1.82) is 0 Å². The Labute approximate surface area is 322 Å². The van der Waals surface area contributed by atoms with E-state index >= 15 is 0 Å². The van der Waals surface area contributed by atoms with Crippen molar-refractivity contribution < 1.29 is 27.5 Å². The molecular formula is C47H38AuN2OSi-2. The van der Waals surface area contributed by atoms with Gasteiger partial charge >= 0.3 is 0 Å². The van der Waals surface area contributed by atoms with Crippen LogP contribution in [0, 0.1) is 6.07 Å². The fraction of sp³-hybridized carbons (Fsp3) is 0.0851. The largest absolute Gasteiger partial charge is 0.661 e. The molecular weight excluding hydrogens is 834 g/mol. The smallest absolute Gasteiger partial charge is 0.164 e. The van der Waals surface area contributed by atoms with Gasteiger partial charge in [-0.15, -0.1) is 34.6 Å². The van der Waals surface area contributed by atoms with E-state index in [0.29, 0.717) is 0 Å². The van der Waals surface area contributed by atoms with Crippen molar-refractivity contribution in [3.8, 4) is 39.5 Å². The zero-order valence-corrected chi connectivity index (χ0v) is 32.5. The van der Waals surface area contributed by atoms with E-state index in [4.69, 9.17) is 9.97 Å². The van der Waals surface area contributed by atoms with Crippen molar-refractivity contribution in [2.45, 2.75) is 26.2 Å². The van der Waals surface area contributed by atoms with Crippen LogP contribution in [0.25, 0.3) is 44.5 Å². The Kier molecular flexibility index (Phi) is 9.75. The standard InChI is InChI=1S/C47H38N2OSi.Au/c1-47(2,3)36-26-27-45(50)42(31-36)34-28-35(43-24-15-25-44(49-43)46-41-23-14-13-16-33(41)32-48-46)30-40(29-34)51(37-17-7-4-8-18-37,38-19-9-5-10-20-38)39-21-11-6-12-22-39;/h4-27,29-32H,1-3H3,(H-,48,49,50);/q-2;. The molecule has 8 aromatic rings. The van der Waals surface area contributed by atoms with Crippen molar-refractivity contribution in [2.75, 3.05) is 0 Å². The summed E-state index contributed by atoms with van der Waals surface area (Å²) in [4.78, 5) is 10.0. The Hall–Kier alpha value is -5.23. The maximum Gasteiger partial charge on any atom is 0.164 e. The Morgan fingerprint density at radius 1 is 0.577 bits per heavy atom. The van der Waals surface area contributed by atoms with Crippen LogP contribution in [0.5, 0.6) is 5.75 Å². The molecule has 0 atom stereocenters. The third kappa shape index (κ3) is 6.40. The molecule has 1 N–H and O–H groups in total. The molecule has 3 nitrogen and oxygen atoms in total. The molecule has 0 unspecified atom stereocenters. The van der Waals surface area contributed by atoms with E-state index in [0.717, 1.165) is 50.1 Å². The van der Waals surface area contributed by atoms with Crippen molar-refractivity contribution >= 4 is 39.6 Å². The average Bonchev–Trinajstić information content (AvgIpc) is 3.61. The van der Waals surface area contributed by atoms with Gasteiger partial charge in [-0.1, -0.05) is 166 Å². The van der Waals surface area contributed by atoms with Crippen LogP contribution in [0.1, 0.15) is 26.3 Å². The molecule has 0 spiro atoms. The normalized spacial score (nSPS) is 11.7. The number of fused-ring (bicyclic) bond motifs is 1. The van der Waals surface area contributed by atoms with Gasteiger partial charge in [-0.05, 0) is 55.0 Å². The molecule has 5 heteroatoms. The summed E-state index contributed by atoms with van der Waals surface area (Å²) in [6, 6.07) is 61.3. The summed E-state index contributed by atoms with van der Waals surface area (Å²) in [6.07, 6.45) is 1.91. The predicted molar refractivity (Wildman–Crippen MR) is 214 cm³/mol. The van der Waals surface area contributed by atoms with Gasteiger partial charge in [-0.3, -0.25) is 4.98 Å². The van der Waals surface area contributed by atoms with Crippen LogP contribution in [-0.2, 0) is 27.8 Å². The number of pyridine rings is 1. The average molecular weight is 872 g/mol. The maximum atomic E-state index is 11.5. The van der Waals surface area contributed by atoms with Crippen LogP contribution in [0.2, 0.25) is 0 Å². The summed E-state index contributed by atoms with van der Waals surface area (Å²) in [5.74, 6) is 0.225. The molecule has 259 valence electrons. The van der Waals surface area contributed by atoms with Crippen LogP contribution >= 0.6 is 0 Å². The molecule has 0 bridgehead atoms. The summed E-state index contributed by atoms with van der Waals surface area (Å²) in [5.41, 5.74) is 5.95. The Bertz CT molecular complexity index is 2370. The fourth-order valence-corrected chi connectivity index (χ4v) is 12.1. The topological polar surface area (TPSA) is 47.2 Å². The SMILES string of the molecule is CC(C)(C)c1ccc(O)c(-c2[c-]c(-c3cccc(-c4[n-]cc5ccccc45)n3)cc([Si](c3ccccc3)(c3ccccc3)c3ccccc3)c2)c1.[Au]. The Morgan fingerprint density at radius 2 is 1.13 bits per heavy atom. The van der Waals surface area contributed by atoms with Gasteiger partial charge in [0.05, 0.1) is 5.75 Å². The number of nitrogens with zero attached hydrogens (tertiary/aromatic N) is 2. The van der Waals surface area contributed by atoms with E-state index in [1.54, 1.807) is 0 Å². The van der Waals surface area contributed by atoms with Gasteiger partial charge in [0.25, 0.3) is 0 Å². The first-order valence-electron chi connectivity index (χ1n) is 17.4. The molecule has 0 amide bonds. The number of aromatic nitrogens is 2. The van der Waals surface area contributed by atoms with Gasteiger partial charge in [0, 0.05) is 33.8 Å². The minimum atomic E-state index is -2.94. The maximum absolute atomic E-state index is 11.5. The second-order valence-electron chi connectivity index (χ2n) is 14.1. The second kappa shape index (κ2) is 14.4. The van der Waals surface area contributed by atoms with Crippen LogP contribution < -0.4 is 25.7 Å². The zero-order valence-electron chi connectivity index (χ0n) is 29.3. The number of rotatable bonds is 7. The molecule has 0 fully saturated rings. The molecule has 0 saturated heterocycles.